The molecule has 0 aliphatic carbocycles. The van der Waals surface area contributed by atoms with Crippen molar-refractivity contribution < 1.29 is 19.7 Å². The largest absolute Gasteiger partial charge is 0.508 e. The van der Waals surface area contributed by atoms with Crippen LogP contribution in [0.1, 0.15) is 0 Å². The van der Waals surface area contributed by atoms with Gasteiger partial charge in [0.05, 0.1) is 19.8 Å². The molecule has 7 heteroatoms. The summed E-state index contributed by atoms with van der Waals surface area (Å²) in [5, 5.41) is 28.8. The first-order chi connectivity index (χ1) is 11.1. The molecule has 0 spiro atoms. The molecule has 0 aliphatic heterocycles. The van der Waals surface area contributed by atoms with Crippen molar-refractivity contribution in [3.8, 4) is 44.1 Å². The Morgan fingerprint density at radius 2 is 1.61 bits per heavy atom. The van der Waals surface area contributed by atoms with Crippen molar-refractivity contribution in [1.82, 2.24) is 10.2 Å². The Morgan fingerprint density at radius 1 is 0.870 bits per heavy atom. The molecule has 2 aromatic carbocycles. The highest BCUT2D eigenvalue weighted by Crippen LogP contribution is 2.38. The number of hydrogen-bond acceptors (Lipinski definition) is 7. The van der Waals surface area contributed by atoms with E-state index >= 15 is 0 Å². The lowest BCUT2D eigenvalue weighted by Gasteiger charge is -2.07. The maximum atomic E-state index is 9.92. The van der Waals surface area contributed by atoms with Crippen LogP contribution in [0.3, 0.4) is 0 Å². The molecule has 3 rings (SSSR count). The number of phenolic OH excluding ortho intramolecular Hbond substituents is 2. The van der Waals surface area contributed by atoms with Gasteiger partial charge in [-0.3, -0.25) is 0 Å². The van der Waals surface area contributed by atoms with Crippen LogP contribution in [0, 0.1) is 0 Å². The molecule has 1 aromatic heterocycles. The summed E-state index contributed by atoms with van der Waals surface area (Å²) in [7, 11) is 3.15. The SMILES string of the molecule is COc1ccc(-c2nnc(-c3ccc(O)cc3O)s2)cc1OC. The smallest absolute Gasteiger partial charge is 0.161 e. The van der Waals surface area contributed by atoms with E-state index in [2.05, 4.69) is 10.2 Å². The molecule has 0 amide bonds. The van der Waals surface area contributed by atoms with E-state index in [1.54, 1.807) is 26.4 Å². The number of benzene rings is 2. The second-order valence-corrected chi connectivity index (χ2v) is 5.66. The van der Waals surface area contributed by atoms with E-state index in [0.29, 0.717) is 27.1 Å². The lowest BCUT2D eigenvalue weighted by Crippen LogP contribution is -1.90. The third-order valence-electron chi connectivity index (χ3n) is 3.27. The molecule has 118 valence electrons. The molecule has 0 saturated carbocycles. The number of hydrogen-bond donors (Lipinski definition) is 2. The van der Waals surface area contributed by atoms with Crippen molar-refractivity contribution in [2.45, 2.75) is 0 Å². The number of phenols is 2. The van der Waals surface area contributed by atoms with Crippen molar-refractivity contribution in [1.29, 1.82) is 0 Å². The number of aromatic nitrogens is 2. The molecule has 0 unspecified atom stereocenters. The zero-order chi connectivity index (χ0) is 16.4. The van der Waals surface area contributed by atoms with Gasteiger partial charge >= 0.3 is 0 Å². The average molecular weight is 330 g/mol. The molecular formula is C16H14N2O4S. The molecule has 0 bridgehead atoms. The van der Waals surface area contributed by atoms with Gasteiger partial charge in [-0.1, -0.05) is 11.3 Å². The maximum Gasteiger partial charge on any atom is 0.161 e. The van der Waals surface area contributed by atoms with Gasteiger partial charge in [-0.25, -0.2) is 0 Å². The first-order valence-electron chi connectivity index (χ1n) is 6.70. The minimum absolute atomic E-state index is 0.00382. The quantitative estimate of drug-likeness (QED) is 0.763. The van der Waals surface area contributed by atoms with Crippen LogP contribution in [0.5, 0.6) is 23.0 Å². The Morgan fingerprint density at radius 3 is 2.30 bits per heavy atom. The number of nitrogens with zero attached hydrogens (tertiary/aromatic N) is 2. The summed E-state index contributed by atoms with van der Waals surface area (Å²) in [5.41, 5.74) is 1.36. The monoisotopic (exact) mass is 330 g/mol. The van der Waals surface area contributed by atoms with Gasteiger partial charge < -0.3 is 19.7 Å². The molecule has 0 saturated heterocycles. The summed E-state index contributed by atoms with van der Waals surface area (Å²) >= 11 is 1.33. The van der Waals surface area contributed by atoms with Crippen molar-refractivity contribution in [3.05, 3.63) is 36.4 Å². The summed E-state index contributed by atoms with van der Waals surface area (Å²) in [4.78, 5) is 0. The average Bonchev–Trinajstić information content (AvgIpc) is 3.03. The van der Waals surface area contributed by atoms with E-state index in [-0.39, 0.29) is 11.5 Å². The highest BCUT2D eigenvalue weighted by molar-refractivity contribution is 7.18. The van der Waals surface area contributed by atoms with Gasteiger partial charge in [0.15, 0.2) is 16.5 Å². The summed E-state index contributed by atoms with van der Waals surface area (Å²) in [6.45, 7) is 0. The van der Waals surface area contributed by atoms with Gasteiger partial charge in [0.25, 0.3) is 0 Å². The number of methoxy groups -OCH3 is 2. The predicted molar refractivity (Wildman–Crippen MR) is 87.2 cm³/mol. The fraction of sp³-hybridized carbons (Fsp3) is 0.125. The lowest BCUT2D eigenvalue weighted by atomic mass is 10.2. The topological polar surface area (TPSA) is 84.7 Å². The van der Waals surface area contributed by atoms with Crippen LogP contribution in [-0.2, 0) is 0 Å². The van der Waals surface area contributed by atoms with Crippen LogP contribution in [0.2, 0.25) is 0 Å². The van der Waals surface area contributed by atoms with Crippen molar-refractivity contribution in [2.24, 2.45) is 0 Å². The fourth-order valence-corrected chi connectivity index (χ4v) is 2.99. The van der Waals surface area contributed by atoms with Gasteiger partial charge in [-0.2, -0.15) is 0 Å². The van der Waals surface area contributed by atoms with E-state index in [1.807, 2.05) is 12.1 Å². The molecular weight excluding hydrogens is 316 g/mol. The summed E-state index contributed by atoms with van der Waals surface area (Å²) in [6, 6.07) is 9.85. The molecule has 1 heterocycles. The normalized spacial score (nSPS) is 10.5. The molecule has 2 N–H and O–H groups in total. The van der Waals surface area contributed by atoms with Crippen molar-refractivity contribution in [2.75, 3.05) is 14.2 Å². The summed E-state index contributed by atoms with van der Waals surface area (Å²) in [5.74, 6) is 1.20. The molecule has 0 atom stereocenters. The molecule has 6 nitrogen and oxygen atoms in total. The first kappa shape index (κ1) is 15.1. The maximum absolute atomic E-state index is 9.92. The third kappa shape index (κ3) is 2.91. The van der Waals surface area contributed by atoms with Crippen molar-refractivity contribution >= 4 is 11.3 Å². The van der Waals surface area contributed by atoms with Gasteiger partial charge in [0.1, 0.15) is 16.5 Å². The standard InChI is InChI=1S/C16H14N2O4S/c1-21-13-6-3-9(7-14(13)22-2)15-17-18-16(23-15)11-5-4-10(19)8-12(11)20/h3-8,19-20H,1-2H3. The Kier molecular flexibility index (Phi) is 4.03. The molecule has 0 radical (unpaired) electrons. The van der Waals surface area contributed by atoms with E-state index in [1.165, 1.54) is 23.5 Å². The minimum atomic E-state index is -0.0417. The Hall–Kier alpha value is -2.80. The van der Waals surface area contributed by atoms with Gasteiger partial charge in [-0.05, 0) is 30.3 Å². The molecule has 0 fully saturated rings. The molecule has 0 aliphatic rings. The van der Waals surface area contributed by atoms with Crippen LogP contribution < -0.4 is 9.47 Å². The summed E-state index contributed by atoms with van der Waals surface area (Å²) < 4.78 is 10.5. The number of rotatable bonds is 4. The zero-order valence-corrected chi connectivity index (χ0v) is 13.3. The van der Waals surface area contributed by atoms with Crippen LogP contribution >= 0.6 is 11.3 Å². The van der Waals surface area contributed by atoms with E-state index in [9.17, 15) is 10.2 Å². The van der Waals surface area contributed by atoms with Gasteiger partial charge in [0.2, 0.25) is 0 Å². The Bertz CT molecular complexity index is 848. The van der Waals surface area contributed by atoms with Crippen molar-refractivity contribution in [3.63, 3.8) is 0 Å². The number of aromatic hydroxyl groups is 2. The highest BCUT2D eigenvalue weighted by atomic mass is 32.1. The van der Waals surface area contributed by atoms with E-state index in [4.69, 9.17) is 9.47 Å². The minimum Gasteiger partial charge on any atom is -0.508 e. The van der Waals surface area contributed by atoms with Crippen LogP contribution in [-0.4, -0.2) is 34.6 Å². The Balaban J connectivity index is 1.99. The zero-order valence-electron chi connectivity index (χ0n) is 12.5. The first-order valence-corrected chi connectivity index (χ1v) is 7.52. The predicted octanol–water partition coefficient (Wildman–Crippen LogP) is 3.30. The van der Waals surface area contributed by atoms with Crippen LogP contribution in [0.15, 0.2) is 36.4 Å². The fourth-order valence-electron chi connectivity index (χ4n) is 2.12. The Labute approximate surface area is 136 Å². The van der Waals surface area contributed by atoms with E-state index < -0.39 is 0 Å². The highest BCUT2D eigenvalue weighted by Gasteiger charge is 2.14. The van der Waals surface area contributed by atoms with Gasteiger partial charge in [0, 0.05) is 11.6 Å². The number of ether oxygens (including phenoxy) is 2. The third-order valence-corrected chi connectivity index (χ3v) is 4.27. The molecule has 23 heavy (non-hydrogen) atoms. The van der Waals surface area contributed by atoms with Crippen LogP contribution in [0.25, 0.3) is 21.1 Å². The second kappa shape index (κ2) is 6.13. The second-order valence-electron chi connectivity index (χ2n) is 4.68. The van der Waals surface area contributed by atoms with Crippen LogP contribution in [0.4, 0.5) is 0 Å². The van der Waals surface area contributed by atoms with E-state index in [0.717, 1.165) is 5.56 Å². The molecule has 3 aromatic rings. The van der Waals surface area contributed by atoms with Gasteiger partial charge in [-0.15, -0.1) is 10.2 Å². The lowest BCUT2D eigenvalue weighted by molar-refractivity contribution is 0.355. The summed E-state index contributed by atoms with van der Waals surface area (Å²) in [6.07, 6.45) is 0.